The maximum absolute atomic E-state index is 15.3. The number of thioether (sulfide) groups is 2. The largest absolute Gasteiger partial charge is 0.481 e. The van der Waals surface area contributed by atoms with Crippen LogP contribution in [0.25, 0.3) is 21.8 Å². The number of ether oxygens (including phenoxy) is 1. The molecule has 32 heteroatoms. The van der Waals surface area contributed by atoms with Crippen LogP contribution in [-0.2, 0) is 89.9 Å². The van der Waals surface area contributed by atoms with Crippen LogP contribution in [0, 0.1) is 11.6 Å². The molecule has 10 amide bonds. The highest BCUT2D eigenvalue weighted by atomic mass is 32.2. The first-order chi connectivity index (χ1) is 51.1. The molecule has 1 fully saturated rings. The Morgan fingerprint density at radius 3 is 1.81 bits per heavy atom. The van der Waals surface area contributed by atoms with Gasteiger partial charge in [0, 0.05) is 108 Å². The van der Waals surface area contributed by atoms with E-state index in [2.05, 4.69) is 62.5 Å². The molecule has 10 rings (SSSR count). The number of carboxylic acids is 1. The molecule has 16 N–H and O–H groups in total. The van der Waals surface area contributed by atoms with Gasteiger partial charge in [-0.25, -0.2) is 13.8 Å². The summed E-state index contributed by atoms with van der Waals surface area (Å²) in [5.41, 5.74) is 15.7. The van der Waals surface area contributed by atoms with E-state index in [-0.39, 0.29) is 67.5 Å². The number of nitrogens with two attached hydrogens (primary N) is 2. The van der Waals surface area contributed by atoms with Gasteiger partial charge in [-0.15, -0.1) is 0 Å². The van der Waals surface area contributed by atoms with Crippen LogP contribution >= 0.6 is 23.5 Å². The number of nitrogens with one attached hydrogen (secondary N) is 11. The zero-order valence-corrected chi connectivity index (χ0v) is 59.2. The Hall–Kier alpha value is -11.1. The second kappa shape index (κ2) is 37.5. The van der Waals surface area contributed by atoms with Crippen molar-refractivity contribution in [2.24, 2.45) is 11.5 Å². The minimum absolute atomic E-state index is 0.0112. The van der Waals surface area contributed by atoms with E-state index in [1.165, 1.54) is 89.7 Å². The Labute approximate surface area is 616 Å². The van der Waals surface area contributed by atoms with Crippen molar-refractivity contribution in [3.8, 4) is 11.5 Å². The molecule has 0 unspecified atom stereocenters. The third kappa shape index (κ3) is 22.0. The molecule has 2 aliphatic heterocycles. The van der Waals surface area contributed by atoms with Crippen molar-refractivity contribution < 1.29 is 71.4 Å². The van der Waals surface area contributed by atoms with Gasteiger partial charge in [-0.1, -0.05) is 54.6 Å². The van der Waals surface area contributed by atoms with Crippen molar-refractivity contribution in [3.63, 3.8) is 0 Å². The Morgan fingerprint density at radius 2 is 1.19 bits per heavy atom. The number of primary amides is 1. The summed E-state index contributed by atoms with van der Waals surface area (Å²) < 4.78 is 35.9. The van der Waals surface area contributed by atoms with Gasteiger partial charge in [-0.2, -0.15) is 23.5 Å². The number of aromatic amines is 3. The van der Waals surface area contributed by atoms with Gasteiger partial charge in [0.05, 0.1) is 19.3 Å². The van der Waals surface area contributed by atoms with Crippen LogP contribution in [0.1, 0.15) is 78.5 Å². The number of unbranched alkanes of at least 4 members (excludes halogenated alkanes) is 1. The molecular weight excluding hydrogens is 1410 g/mol. The molecule has 28 nitrogen and oxygen atoms in total. The molecule has 106 heavy (non-hydrogen) atoms. The Kier molecular flexibility index (Phi) is 27.4. The first-order valence-electron chi connectivity index (χ1n) is 34.6. The number of imidazole rings is 1. The van der Waals surface area contributed by atoms with Crippen LogP contribution in [0.5, 0.6) is 11.5 Å². The zero-order chi connectivity index (χ0) is 75.2. The van der Waals surface area contributed by atoms with Crippen LogP contribution < -0.4 is 58.7 Å². The molecule has 3 aromatic heterocycles. The number of carbonyl (C=O) groups excluding carboxylic acids is 10. The number of aromatic nitrogens is 4. The summed E-state index contributed by atoms with van der Waals surface area (Å²) in [7, 11) is 0. The van der Waals surface area contributed by atoms with Crippen LogP contribution in [0.4, 0.5) is 8.78 Å². The lowest BCUT2D eigenvalue weighted by Crippen LogP contribution is -2.61. The van der Waals surface area contributed by atoms with Crippen molar-refractivity contribution in [1.29, 1.82) is 0 Å². The molecule has 0 saturated carbocycles. The highest BCUT2D eigenvalue weighted by Gasteiger charge is 2.41. The molecule has 8 atom stereocenters. The number of fused-ring (bicyclic) bond motifs is 5. The number of benzene rings is 5. The zero-order valence-electron chi connectivity index (χ0n) is 57.6. The van der Waals surface area contributed by atoms with Crippen molar-refractivity contribution in [1.82, 2.24) is 67.4 Å². The third-order valence-corrected chi connectivity index (χ3v) is 20.1. The number of H-pyrrole nitrogens is 3. The van der Waals surface area contributed by atoms with Gasteiger partial charge < -0.3 is 83.7 Å². The highest BCUT2D eigenvalue weighted by Crippen LogP contribution is 2.27. The van der Waals surface area contributed by atoms with E-state index in [4.69, 9.17) is 16.2 Å². The lowest BCUT2D eigenvalue weighted by atomic mass is 10.0. The van der Waals surface area contributed by atoms with E-state index in [0.29, 0.717) is 82.1 Å². The summed E-state index contributed by atoms with van der Waals surface area (Å²) in [4.78, 5) is 172. The Balaban J connectivity index is 0.981. The number of hydrogen-bond acceptors (Lipinski definition) is 16. The predicted octanol–water partition coefficient (Wildman–Crippen LogP) is 3.87. The van der Waals surface area contributed by atoms with Gasteiger partial charge in [0.2, 0.25) is 59.1 Å². The number of carboxylic acid groups (broad SMARTS) is 1. The number of rotatable bonds is 17. The van der Waals surface area contributed by atoms with Crippen LogP contribution in [-0.4, -0.2) is 174 Å². The monoisotopic (exact) mass is 1490 g/mol. The quantitative estimate of drug-likeness (QED) is 0.0575. The van der Waals surface area contributed by atoms with E-state index in [1.807, 2.05) is 30.3 Å². The SMILES string of the molecule is NCCCC[C@@H]1NC(=O)CCSCc2cccc(c2)CSC[C@@H](C(N)=O)NC(=O)[C@@H]2CCCN2C(=O)[C@H](Cc2ccc(Oc3ccccc3)cc2)NC(=O)[C@H](Cc2cnc[nH]2)NC(=O)[C@H](CC(=O)O)NC(=O)[C@H](Cc2c[nH]c3ccc(F)cc23)NC(=O)[C@H](Cc2c[nH]c3ccc(F)cc23)NC(=O)CNC1=O. The number of hydrogen-bond donors (Lipinski definition) is 14. The first-order valence-corrected chi connectivity index (χ1v) is 36.9. The van der Waals surface area contributed by atoms with Gasteiger partial charge in [0.25, 0.3) is 0 Å². The number of para-hydroxylation sites is 1. The topological polar surface area (TPSA) is 429 Å². The normalized spacial score (nSPS) is 21.4. The van der Waals surface area contributed by atoms with Crippen LogP contribution in [0.2, 0.25) is 0 Å². The molecule has 8 aromatic rings. The molecule has 558 valence electrons. The van der Waals surface area contributed by atoms with E-state index in [1.54, 1.807) is 48.5 Å². The van der Waals surface area contributed by atoms with E-state index < -0.39 is 144 Å². The molecule has 0 spiro atoms. The summed E-state index contributed by atoms with van der Waals surface area (Å²) in [5, 5.41) is 32.1. The van der Waals surface area contributed by atoms with Crippen LogP contribution in [0.15, 0.2) is 140 Å². The lowest BCUT2D eigenvalue weighted by molar-refractivity contribution is -0.143. The van der Waals surface area contributed by atoms with Gasteiger partial charge in [0.15, 0.2) is 0 Å². The fourth-order valence-corrected chi connectivity index (χ4v) is 14.4. The summed E-state index contributed by atoms with van der Waals surface area (Å²) in [6, 6.07) is 18.8. The third-order valence-electron chi connectivity index (χ3n) is 18.0. The number of halogens is 2. The molecular formula is C74H83F2N15O13S2. The van der Waals surface area contributed by atoms with Gasteiger partial charge in [-0.3, -0.25) is 52.7 Å². The van der Waals surface area contributed by atoms with E-state index in [9.17, 15) is 43.1 Å². The van der Waals surface area contributed by atoms with Crippen molar-refractivity contribution in [2.75, 3.05) is 31.1 Å². The summed E-state index contributed by atoms with van der Waals surface area (Å²) in [5.74, 6) is -9.42. The van der Waals surface area contributed by atoms with Crippen LogP contribution in [0.3, 0.4) is 0 Å². The van der Waals surface area contributed by atoms with E-state index >= 15 is 23.6 Å². The molecule has 5 aromatic carbocycles. The Bertz CT molecular complexity index is 4450. The lowest BCUT2D eigenvalue weighted by Gasteiger charge is -2.31. The maximum Gasteiger partial charge on any atom is 0.305 e. The highest BCUT2D eigenvalue weighted by molar-refractivity contribution is 7.98. The minimum Gasteiger partial charge on any atom is -0.481 e. The number of nitrogens with zero attached hydrogens (tertiary/aromatic N) is 2. The van der Waals surface area contributed by atoms with E-state index in [0.717, 1.165) is 11.1 Å². The molecule has 0 aliphatic carbocycles. The smallest absolute Gasteiger partial charge is 0.305 e. The number of carbonyl (C=O) groups is 11. The maximum atomic E-state index is 15.3. The average molecular weight is 1490 g/mol. The second-order valence-corrected chi connectivity index (χ2v) is 28.0. The average Bonchev–Trinajstić information content (AvgIpc) is 1.62. The number of aliphatic carboxylic acids is 1. The standard InChI is InChI=1S/C74H83F2N15O13S2/c75-47-16-20-54-52(30-47)45(34-80-54)28-57-69(98)86-58(29-46-35-81-55-21-17-48(76)31-53(46)55)70(99)88-60(33-66(94)95)72(101)87-59(32-49-36-79-41-83-49)71(100)89-61(27-42-14-18-51(19-15-42)104-50-10-2-1-3-11-50)74(103)91-24-7-13-63(91)73(102)90-62(67(78)96)40-106-39-44-9-6-8-43(26-44)38-105-25-22-64(92)84-56(12-4-5-23-77)68(97)82-37-65(93)85-57/h1-3,6,8-11,14-21,26,30-31,34-36,41,56-63,80-81H,4-5,7,12-13,22-25,27-29,32-33,37-40,77H2,(H2,78,96)(H,79,83)(H,82,97)(H,84,92)(H,85,93)(H,86,98)(H,87,101)(H,88,99)(H,89,100)(H,90,102)(H,94,95)/t56-,57-,58-,59-,60-,61-,62-,63-/m0/s1. The first kappa shape index (κ1) is 77.5. The molecule has 1 saturated heterocycles. The molecule has 0 radical (unpaired) electrons. The van der Waals surface area contributed by atoms with Gasteiger partial charge in [-0.05, 0) is 127 Å². The minimum atomic E-state index is -2.04. The number of amides is 10. The summed E-state index contributed by atoms with van der Waals surface area (Å²) in [6.07, 6.45) is 4.62. The van der Waals surface area contributed by atoms with Gasteiger partial charge in [0.1, 0.15) is 71.5 Å². The predicted molar refractivity (Wildman–Crippen MR) is 392 cm³/mol. The summed E-state index contributed by atoms with van der Waals surface area (Å²) in [6.45, 7) is -0.400. The molecule has 5 heterocycles. The fraction of sp³-hybridized carbons (Fsp3) is 0.351. The van der Waals surface area contributed by atoms with Crippen molar-refractivity contribution in [3.05, 3.63) is 185 Å². The molecule has 2 bridgehead atoms. The summed E-state index contributed by atoms with van der Waals surface area (Å²) >= 11 is 2.80. The Morgan fingerprint density at radius 1 is 0.594 bits per heavy atom. The van der Waals surface area contributed by atoms with Gasteiger partial charge >= 0.3 is 5.97 Å². The van der Waals surface area contributed by atoms with Crippen molar-refractivity contribution >= 4 is 110 Å². The molecule has 2 aliphatic rings. The van der Waals surface area contributed by atoms with Crippen molar-refractivity contribution in [2.45, 2.75) is 130 Å². The second-order valence-electron chi connectivity index (χ2n) is 25.8. The fourth-order valence-electron chi connectivity index (χ4n) is 12.5.